The Kier molecular flexibility index (Phi) is 5.94. The second kappa shape index (κ2) is 8.82. The van der Waals surface area contributed by atoms with Gasteiger partial charge in [0.1, 0.15) is 11.8 Å². The Hall–Kier alpha value is -3.68. The van der Waals surface area contributed by atoms with Crippen molar-refractivity contribution in [1.29, 1.82) is 0 Å². The number of carbonyl (C=O) groups is 4. The number of nitrogens with zero attached hydrogens (tertiary/aromatic N) is 2. The number of piperidine rings is 1. The van der Waals surface area contributed by atoms with Crippen molar-refractivity contribution in [1.82, 2.24) is 10.2 Å². The molecule has 1 atom stereocenters. The number of anilines is 1. The molecule has 2 aromatic carbocycles. The molecule has 8 heteroatoms. The zero-order valence-electron chi connectivity index (χ0n) is 18.1. The van der Waals surface area contributed by atoms with E-state index in [4.69, 9.17) is 4.74 Å². The van der Waals surface area contributed by atoms with Crippen molar-refractivity contribution in [2.45, 2.75) is 38.8 Å². The third-order valence-corrected chi connectivity index (χ3v) is 5.81. The standard InChI is InChI=1S/C24H25N3O5/c1-3-12-26(14-15-4-7-17(32-2)8-5-15)16-6-9-18-19(13-16)24(31)27(23(18)30)20-10-11-21(28)25-22(20)29/h4-9,13,20H,3,10-12,14H2,1-2H3,(H,25,28,29). The first-order valence-electron chi connectivity index (χ1n) is 10.7. The number of rotatable bonds is 7. The van der Waals surface area contributed by atoms with Gasteiger partial charge in [0.15, 0.2) is 0 Å². The van der Waals surface area contributed by atoms with Crippen molar-refractivity contribution in [3.63, 3.8) is 0 Å². The maximum Gasteiger partial charge on any atom is 0.262 e. The van der Waals surface area contributed by atoms with Crippen molar-refractivity contribution in [2.24, 2.45) is 0 Å². The van der Waals surface area contributed by atoms with E-state index in [9.17, 15) is 19.2 Å². The minimum atomic E-state index is -0.963. The Morgan fingerprint density at radius 3 is 2.41 bits per heavy atom. The molecule has 0 aliphatic carbocycles. The number of imide groups is 2. The summed E-state index contributed by atoms with van der Waals surface area (Å²) in [5.74, 6) is -1.21. The highest BCUT2D eigenvalue weighted by molar-refractivity contribution is 6.23. The molecule has 166 valence electrons. The number of fused-ring (bicyclic) bond motifs is 1. The highest BCUT2D eigenvalue weighted by Crippen LogP contribution is 2.31. The van der Waals surface area contributed by atoms with Crippen LogP contribution in [0.4, 0.5) is 5.69 Å². The monoisotopic (exact) mass is 435 g/mol. The average Bonchev–Trinajstić information content (AvgIpc) is 3.04. The number of methoxy groups -OCH3 is 1. The first-order chi connectivity index (χ1) is 15.4. The number of carbonyl (C=O) groups excluding carboxylic acids is 4. The van der Waals surface area contributed by atoms with Gasteiger partial charge in [-0.1, -0.05) is 19.1 Å². The van der Waals surface area contributed by atoms with Crippen LogP contribution in [-0.2, 0) is 16.1 Å². The van der Waals surface area contributed by atoms with Gasteiger partial charge in [-0.15, -0.1) is 0 Å². The van der Waals surface area contributed by atoms with Crippen LogP contribution in [0.1, 0.15) is 52.5 Å². The Morgan fingerprint density at radius 1 is 1.03 bits per heavy atom. The van der Waals surface area contributed by atoms with E-state index in [0.29, 0.717) is 6.54 Å². The van der Waals surface area contributed by atoms with E-state index >= 15 is 0 Å². The SMILES string of the molecule is CCCN(Cc1ccc(OC)cc1)c1ccc2c(c1)C(=O)N(C1CCC(=O)NC1=O)C2=O. The summed E-state index contributed by atoms with van der Waals surface area (Å²) in [6, 6.07) is 12.0. The van der Waals surface area contributed by atoms with Gasteiger partial charge in [-0.3, -0.25) is 29.4 Å². The molecule has 4 amide bonds. The van der Waals surface area contributed by atoms with Crippen molar-refractivity contribution in [3.05, 3.63) is 59.2 Å². The summed E-state index contributed by atoms with van der Waals surface area (Å²) in [7, 11) is 1.62. The maximum atomic E-state index is 13.1. The van der Waals surface area contributed by atoms with E-state index in [1.54, 1.807) is 19.2 Å². The molecule has 2 aliphatic rings. The number of ether oxygens (including phenoxy) is 1. The summed E-state index contributed by atoms with van der Waals surface area (Å²) in [6.07, 6.45) is 1.14. The van der Waals surface area contributed by atoms with Crippen molar-refractivity contribution in [2.75, 3.05) is 18.6 Å². The average molecular weight is 435 g/mol. The van der Waals surface area contributed by atoms with Gasteiger partial charge in [0.2, 0.25) is 11.8 Å². The van der Waals surface area contributed by atoms with E-state index < -0.39 is 23.8 Å². The third-order valence-electron chi connectivity index (χ3n) is 5.81. The fraction of sp³-hybridized carbons (Fsp3) is 0.333. The molecular weight excluding hydrogens is 410 g/mol. The molecule has 1 fully saturated rings. The zero-order valence-corrected chi connectivity index (χ0v) is 18.1. The third kappa shape index (κ3) is 3.95. The lowest BCUT2D eigenvalue weighted by molar-refractivity contribution is -0.136. The Labute approximate surface area is 186 Å². The van der Waals surface area contributed by atoms with E-state index in [1.807, 2.05) is 30.3 Å². The second-order valence-corrected chi connectivity index (χ2v) is 7.95. The molecule has 2 aromatic rings. The molecule has 4 rings (SSSR count). The quantitative estimate of drug-likeness (QED) is 0.672. The maximum absolute atomic E-state index is 13.1. The molecule has 8 nitrogen and oxygen atoms in total. The molecule has 1 unspecified atom stereocenters. The van der Waals surface area contributed by atoms with Crippen molar-refractivity contribution >= 4 is 29.3 Å². The highest BCUT2D eigenvalue weighted by atomic mass is 16.5. The fourth-order valence-corrected chi connectivity index (χ4v) is 4.18. The molecule has 1 N–H and O–H groups in total. The summed E-state index contributed by atoms with van der Waals surface area (Å²) in [6.45, 7) is 3.48. The normalized spacial score (nSPS) is 17.9. The molecule has 0 saturated carbocycles. The lowest BCUT2D eigenvalue weighted by Crippen LogP contribution is -2.54. The molecule has 0 radical (unpaired) electrons. The molecular formula is C24H25N3O5. The molecule has 1 saturated heterocycles. The Balaban J connectivity index is 1.59. The van der Waals surface area contributed by atoms with Crippen LogP contribution >= 0.6 is 0 Å². The Bertz CT molecular complexity index is 1080. The van der Waals surface area contributed by atoms with Gasteiger partial charge in [0.05, 0.1) is 18.2 Å². The minimum absolute atomic E-state index is 0.0984. The van der Waals surface area contributed by atoms with Gasteiger partial charge in [-0.05, 0) is 48.7 Å². The predicted octanol–water partition coefficient (Wildman–Crippen LogP) is 2.51. The van der Waals surface area contributed by atoms with E-state index in [2.05, 4.69) is 17.1 Å². The molecule has 32 heavy (non-hydrogen) atoms. The van der Waals surface area contributed by atoms with Crippen molar-refractivity contribution < 1.29 is 23.9 Å². The van der Waals surface area contributed by atoms with Gasteiger partial charge in [0.25, 0.3) is 11.8 Å². The molecule has 0 bridgehead atoms. The molecule has 0 aromatic heterocycles. The van der Waals surface area contributed by atoms with Gasteiger partial charge >= 0.3 is 0 Å². The van der Waals surface area contributed by atoms with Crippen LogP contribution in [0.15, 0.2) is 42.5 Å². The Morgan fingerprint density at radius 2 is 1.75 bits per heavy atom. The first-order valence-corrected chi connectivity index (χ1v) is 10.7. The zero-order chi connectivity index (χ0) is 22.8. The summed E-state index contributed by atoms with van der Waals surface area (Å²) in [5.41, 5.74) is 2.48. The lowest BCUT2D eigenvalue weighted by atomic mass is 10.0. The van der Waals surface area contributed by atoms with Gasteiger partial charge in [-0.2, -0.15) is 0 Å². The van der Waals surface area contributed by atoms with E-state index in [1.165, 1.54) is 0 Å². The minimum Gasteiger partial charge on any atom is -0.497 e. The number of hydrogen-bond acceptors (Lipinski definition) is 6. The van der Waals surface area contributed by atoms with E-state index in [-0.39, 0.29) is 29.9 Å². The number of hydrogen-bond donors (Lipinski definition) is 1. The van der Waals surface area contributed by atoms with Crippen LogP contribution < -0.4 is 15.0 Å². The second-order valence-electron chi connectivity index (χ2n) is 7.95. The number of nitrogens with one attached hydrogen (secondary N) is 1. The van der Waals surface area contributed by atoms with Gasteiger partial charge in [-0.25, -0.2) is 0 Å². The number of amides is 4. The van der Waals surface area contributed by atoms with Crippen LogP contribution in [0.2, 0.25) is 0 Å². The highest BCUT2D eigenvalue weighted by Gasteiger charge is 2.44. The van der Waals surface area contributed by atoms with Crippen LogP contribution in [0.5, 0.6) is 5.75 Å². The van der Waals surface area contributed by atoms with Gasteiger partial charge < -0.3 is 9.64 Å². The molecule has 2 heterocycles. The fourth-order valence-electron chi connectivity index (χ4n) is 4.18. The van der Waals surface area contributed by atoms with Crippen LogP contribution in [0.3, 0.4) is 0 Å². The summed E-state index contributed by atoms with van der Waals surface area (Å²) in [5, 5.41) is 2.21. The number of benzene rings is 2. The van der Waals surface area contributed by atoms with Gasteiger partial charge in [0, 0.05) is 25.2 Å². The molecule has 0 spiro atoms. The predicted molar refractivity (Wildman–Crippen MR) is 117 cm³/mol. The summed E-state index contributed by atoms with van der Waals surface area (Å²) in [4.78, 5) is 52.8. The van der Waals surface area contributed by atoms with Crippen LogP contribution in [0.25, 0.3) is 0 Å². The van der Waals surface area contributed by atoms with Crippen LogP contribution in [0, 0.1) is 0 Å². The van der Waals surface area contributed by atoms with Crippen LogP contribution in [-0.4, -0.2) is 48.2 Å². The lowest BCUT2D eigenvalue weighted by Gasteiger charge is -2.27. The summed E-state index contributed by atoms with van der Waals surface area (Å²) >= 11 is 0. The summed E-state index contributed by atoms with van der Waals surface area (Å²) < 4.78 is 5.22. The topological polar surface area (TPSA) is 96.0 Å². The van der Waals surface area contributed by atoms with Crippen molar-refractivity contribution in [3.8, 4) is 5.75 Å². The molecule has 2 aliphatic heterocycles. The van der Waals surface area contributed by atoms with E-state index in [0.717, 1.165) is 34.9 Å². The largest absolute Gasteiger partial charge is 0.497 e. The first kappa shape index (κ1) is 21.5. The smallest absolute Gasteiger partial charge is 0.262 e.